The minimum atomic E-state index is -0.174. The van der Waals surface area contributed by atoms with E-state index < -0.39 is 0 Å². The zero-order valence-corrected chi connectivity index (χ0v) is 13.8. The van der Waals surface area contributed by atoms with E-state index in [2.05, 4.69) is 15.5 Å². The Morgan fingerprint density at radius 3 is 2.83 bits per heavy atom. The summed E-state index contributed by atoms with van der Waals surface area (Å²) in [6, 6.07) is 11.8. The fraction of sp³-hybridized carbons (Fsp3) is 0.389. The van der Waals surface area contributed by atoms with Gasteiger partial charge in [-0.1, -0.05) is 30.3 Å². The summed E-state index contributed by atoms with van der Waals surface area (Å²) in [6.45, 7) is 3.65. The molecule has 1 aliphatic heterocycles. The molecule has 1 aromatic heterocycles. The normalized spacial score (nSPS) is 17.0. The van der Waals surface area contributed by atoms with Gasteiger partial charge in [0.05, 0.1) is 0 Å². The highest BCUT2D eigenvalue weighted by atomic mass is 16.2. The molecule has 0 saturated carbocycles. The Morgan fingerprint density at radius 2 is 2.12 bits per heavy atom. The van der Waals surface area contributed by atoms with E-state index in [1.54, 1.807) is 13.0 Å². The molecule has 1 aliphatic rings. The molecule has 2 N–H and O–H groups in total. The van der Waals surface area contributed by atoms with Gasteiger partial charge in [-0.15, -0.1) is 0 Å². The van der Waals surface area contributed by atoms with Crippen molar-refractivity contribution in [2.45, 2.75) is 19.8 Å². The molecule has 24 heavy (non-hydrogen) atoms. The maximum Gasteiger partial charge on any atom is 0.271 e. The average Bonchev–Trinajstić information content (AvgIpc) is 3.23. The lowest BCUT2D eigenvalue weighted by atomic mass is 10.1. The molecule has 6 heteroatoms. The van der Waals surface area contributed by atoms with E-state index in [-0.39, 0.29) is 11.8 Å². The molecule has 1 aromatic carbocycles. The number of hydrogen-bond acceptors (Lipinski definition) is 3. The van der Waals surface area contributed by atoms with Crippen molar-refractivity contribution in [3.63, 3.8) is 0 Å². The first-order valence-corrected chi connectivity index (χ1v) is 8.23. The Labute approximate surface area is 141 Å². The Kier molecular flexibility index (Phi) is 4.93. The number of nitrogens with one attached hydrogen (secondary N) is 2. The summed E-state index contributed by atoms with van der Waals surface area (Å²) in [5.41, 5.74) is 2.49. The van der Waals surface area contributed by atoms with Crippen LogP contribution in [0.4, 0.5) is 0 Å². The summed E-state index contributed by atoms with van der Waals surface area (Å²) in [5.74, 6) is 0.245. The van der Waals surface area contributed by atoms with Gasteiger partial charge in [-0.05, 0) is 24.0 Å². The van der Waals surface area contributed by atoms with Crippen LogP contribution in [-0.2, 0) is 11.2 Å². The van der Waals surface area contributed by atoms with Crippen molar-refractivity contribution in [3.05, 3.63) is 53.3 Å². The van der Waals surface area contributed by atoms with Gasteiger partial charge in [0.25, 0.3) is 5.91 Å². The molecule has 3 rings (SSSR count). The molecule has 1 saturated heterocycles. The van der Waals surface area contributed by atoms with Gasteiger partial charge >= 0.3 is 0 Å². The van der Waals surface area contributed by atoms with Crippen molar-refractivity contribution in [2.24, 2.45) is 5.92 Å². The van der Waals surface area contributed by atoms with Crippen LogP contribution in [0.25, 0.3) is 0 Å². The number of aromatic amines is 1. The molecule has 0 bridgehead atoms. The third-order valence-electron chi connectivity index (χ3n) is 4.38. The first-order valence-electron chi connectivity index (χ1n) is 8.23. The Morgan fingerprint density at radius 1 is 1.33 bits per heavy atom. The van der Waals surface area contributed by atoms with Crippen LogP contribution in [0, 0.1) is 5.92 Å². The predicted molar refractivity (Wildman–Crippen MR) is 90.5 cm³/mol. The van der Waals surface area contributed by atoms with Crippen LogP contribution in [0.5, 0.6) is 0 Å². The van der Waals surface area contributed by atoms with Gasteiger partial charge in [0.1, 0.15) is 5.69 Å². The van der Waals surface area contributed by atoms with E-state index in [1.165, 1.54) is 5.56 Å². The van der Waals surface area contributed by atoms with Crippen LogP contribution >= 0.6 is 0 Å². The first kappa shape index (κ1) is 16.2. The second-order valence-electron chi connectivity index (χ2n) is 6.27. The van der Waals surface area contributed by atoms with Gasteiger partial charge in [-0.25, -0.2) is 0 Å². The highest BCUT2D eigenvalue weighted by Gasteiger charge is 2.24. The smallest absolute Gasteiger partial charge is 0.271 e. The highest BCUT2D eigenvalue weighted by molar-refractivity contribution is 5.92. The third kappa shape index (κ3) is 4.01. The molecule has 2 amide bonds. The van der Waals surface area contributed by atoms with Gasteiger partial charge in [0, 0.05) is 38.7 Å². The average molecular weight is 326 g/mol. The minimum absolute atomic E-state index is 0.0988. The topological polar surface area (TPSA) is 78.1 Å². The summed E-state index contributed by atoms with van der Waals surface area (Å²) in [6.07, 6.45) is 1.65. The quantitative estimate of drug-likeness (QED) is 0.876. The second kappa shape index (κ2) is 7.29. The fourth-order valence-electron chi connectivity index (χ4n) is 3.00. The van der Waals surface area contributed by atoms with Gasteiger partial charge in [0.15, 0.2) is 0 Å². The van der Waals surface area contributed by atoms with Gasteiger partial charge < -0.3 is 10.2 Å². The van der Waals surface area contributed by atoms with Crippen molar-refractivity contribution >= 4 is 11.8 Å². The summed E-state index contributed by atoms with van der Waals surface area (Å²) >= 11 is 0. The largest absolute Gasteiger partial charge is 0.350 e. The molecule has 1 fully saturated rings. The Bertz CT molecular complexity index is 711. The number of aromatic nitrogens is 2. The zero-order chi connectivity index (χ0) is 16.9. The monoisotopic (exact) mass is 326 g/mol. The standard InChI is InChI=1S/C18H22N4O2/c1-13(23)22-8-7-15(12-22)11-19-18(24)17-10-16(20-21-17)9-14-5-3-2-4-6-14/h2-6,10,15H,7-9,11-12H2,1H3,(H,19,24)(H,20,21). The minimum Gasteiger partial charge on any atom is -0.350 e. The Hall–Kier alpha value is -2.63. The lowest BCUT2D eigenvalue weighted by Gasteiger charge is -2.14. The van der Waals surface area contributed by atoms with E-state index in [9.17, 15) is 9.59 Å². The summed E-state index contributed by atoms with van der Waals surface area (Å²) in [7, 11) is 0. The molecule has 1 unspecified atom stereocenters. The zero-order valence-electron chi connectivity index (χ0n) is 13.8. The van der Waals surface area contributed by atoms with E-state index >= 15 is 0 Å². The number of likely N-dealkylation sites (tertiary alicyclic amines) is 1. The highest BCUT2D eigenvalue weighted by Crippen LogP contribution is 2.15. The van der Waals surface area contributed by atoms with Crippen LogP contribution in [-0.4, -0.2) is 46.5 Å². The Balaban J connectivity index is 1.50. The molecular formula is C18H22N4O2. The number of rotatable bonds is 5. The predicted octanol–water partition coefficient (Wildman–Crippen LogP) is 1.60. The van der Waals surface area contributed by atoms with Crippen molar-refractivity contribution in [1.82, 2.24) is 20.4 Å². The van der Waals surface area contributed by atoms with Gasteiger partial charge in [-0.2, -0.15) is 5.10 Å². The van der Waals surface area contributed by atoms with Crippen molar-refractivity contribution in [2.75, 3.05) is 19.6 Å². The lowest BCUT2D eigenvalue weighted by Crippen LogP contribution is -2.32. The van der Waals surface area contributed by atoms with Crippen LogP contribution in [0.2, 0.25) is 0 Å². The molecule has 2 aromatic rings. The summed E-state index contributed by atoms with van der Waals surface area (Å²) < 4.78 is 0. The van der Waals surface area contributed by atoms with Crippen LogP contribution < -0.4 is 5.32 Å². The SMILES string of the molecule is CC(=O)N1CCC(CNC(=O)c2cc(Cc3ccccc3)[nH]n2)C1. The van der Waals surface area contributed by atoms with Crippen LogP contribution in [0.1, 0.15) is 35.1 Å². The third-order valence-corrected chi connectivity index (χ3v) is 4.38. The molecule has 126 valence electrons. The van der Waals surface area contributed by atoms with Crippen molar-refractivity contribution in [1.29, 1.82) is 0 Å². The van der Waals surface area contributed by atoms with Crippen molar-refractivity contribution in [3.8, 4) is 0 Å². The molecule has 1 atom stereocenters. The number of benzene rings is 1. The maximum absolute atomic E-state index is 12.2. The lowest BCUT2D eigenvalue weighted by molar-refractivity contribution is -0.127. The molecule has 0 radical (unpaired) electrons. The van der Waals surface area contributed by atoms with E-state index in [0.717, 1.165) is 31.6 Å². The number of H-pyrrole nitrogens is 1. The number of amides is 2. The summed E-state index contributed by atoms with van der Waals surface area (Å²) in [4.78, 5) is 25.4. The van der Waals surface area contributed by atoms with E-state index in [1.807, 2.05) is 35.2 Å². The van der Waals surface area contributed by atoms with E-state index in [0.29, 0.717) is 18.2 Å². The van der Waals surface area contributed by atoms with Crippen molar-refractivity contribution < 1.29 is 9.59 Å². The molecule has 0 aliphatic carbocycles. The first-order chi connectivity index (χ1) is 11.6. The fourth-order valence-corrected chi connectivity index (χ4v) is 3.00. The van der Waals surface area contributed by atoms with Gasteiger partial charge in [0.2, 0.25) is 5.91 Å². The van der Waals surface area contributed by atoms with Crippen LogP contribution in [0.15, 0.2) is 36.4 Å². The summed E-state index contributed by atoms with van der Waals surface area (Å²) in [5, 5.41) is 9.94. The number of nitrogens with zero attached hydrogens (tertiary/aromatic N) is 2. The van der Waals surface area contributed by atoms with E-state index in [4.69, 9.17) is 0 Å². The van der Waals surface area contributed by atoms with Crippen LogP contribution in [0.3, 0.4) is 0 Å². The number of carbonyl (C=O) groups is 2. The molecule has 2 heterocycles. The molecular weight excluding hydrogens is 304 g/mol. The second-order valence-corrected chi connectivity index (χ2v) is 6.27. The number of carbonyl (C=O) groups excluding carboxylic acids is 2. The number of hydrogen-bond donors (Lipinski definition) is 2. The maximum atomic E-state index is 12.2. The van der Waals surface area contributed by atoms with Gasteiger partial charge in [-0.3, -0.25) is 14.7 Å². The molecule has 0 spiro atoms. The molecule has 6 nitrogen and oxygen atoms in total.